The zero-order valence-corrected chi connectivity index (χ0v) is 17.4. The number of hydrogen-bond donors (Lipinski definition) is 1. The second-order valence-electron chi connectivity index (χ2n) is 7.18. The maximum absolute atomic E-state index is 12.7. The van der Waals surface area contributed by atoms with E-state index in [1.165, 1.54) is 7.11 Å². The molecule has 0 radical (unpaired) electrons. The fraction of sp³-hybridized carbons (Fsp3) is 0.174. The minimum atomic E-state index is -0.126. The number of carbonyl (C=O) groups excluding carboxylic acids is 1. The monoisotopic (exact) mass is 428 g/mol. The number of benzene rings is 1. The van der Waals surface area contributed by atoms with Crippen molar-refractivity contribution in [3.8, 4) is 34.1 Å². The highest BCUT2D eigenvalue weighted by Gasteiger charge is 2.27. The largest absolute Gasteiger partial charge is 0.489 e. The average Bonchev–Trinajstić information content (AvgIpc) is 3.25. The molecule has 0 saturated heterocycles. The van der Waals surface area contributed by atoms with Gasteiger partial charge in [0, 0.05) is 48.0 Å². The van der Waals surface area contributed by atoms with E-state index < -0.39 is 0 Å². The zero-order valence-electron chi connectivity index (χ0n) is 17.4. The number of amides is 1. The molecule has 0 bridgehead atoms. The Morgan fingerprint density at radius 2 is 1.78 bits per heavy atom. The van der Waals surface area contributed by atoms with Crippen LogP contribution in [0.15, 0.2) is 61.2 Å². The Hall–Kier alpha value is -4.27. The molecule has 1 N–H and O–H groups in total. The van der Waals surface area contributed by atoms with Crippen LogP contribution in [0.2, 0.25) is 0 Å². The quantitative estimate of drug-likeness (QED) is 0.504. The fourth-order valence-electron chi connectivity index (χ4n) is 3.61. The van der Waals surface area contributed by atoms with E-state index in [1.54, 1.807) is 29.5 Å². The number of carbonyl (C=O) groups is 1. The Balaban J connectivity index is 1.44. The van der Waals surface area contributed by atoms with Crippen LogP contribution in [0.5, 0.6) is 11.8 Å². The summed E-state index contributed by atoms with van der Waals surface area (Å²) in [5.74, 6) is 0.569. The fourth-order valence-corrected chi connectivity index (χ4v) is 3.61. The number of aromatic nitrogens is 5. The molecule has 160 valence electrons. The second-order valence-corrected chi connectivity index (χ2v) is 7.18. The van der Waals surface area contributed by atoms with E-state index in [0.717, 1.165) is 27.9 Å². The molecule has 0 atom stereocenters. The normalized spacial score (nSPS) is 12.7. The molecule has 5 rings (SSSR count). The van der Waals surface area contributed by atoms with Gasteiger partial charge in [-0.25, -0.2) is 9.97 Å². The van der Waals surface area contributed by atoms with Gasteiger partial charge in [-0.05, 0) is 29.8 Å². The van der Waals surface area contributed by atoms with Crippen LogP contribution in [0.3, 0.4) is 0 Å². The number of hydrogen-bond acceptors (Lipinski definition) is 7. The Morgan fingerprint density at radius 3 is 2.50 bits per heavy atom. The number of rotatable bonds is 6. The van der Waals surface area contributed by atoms with Gasteiger partial charge in [0.1, 0.15) is 23.7 Å². The Bertz CT molecular complexity index is 1240. The number of methoxy groups -OCH3 is 1. The van der Waals surface area contributed by atoms with Crippen molar-refractivity contribution in [3.63, 3.8) is 0 Å². The van der Waals surface area contributed by atoms with Gasteiger partial charge in [0.05, 0.1) is 13.7 Å². The molecule has 4 heterocycles. The van der Waals surface area contributed by atoms with Crippen molar-refractivity contribution in [2.24, 2.45) is 0 Å². The van der Waals surface area contributed by atoms with Gasteiger partial charge in [-0.2, -0.15) is 5.10 Å². The summed E-state index contributed by atoms with van der Waals surface area (Å²) < 4.78 is 12.6. The molecule has 0 aliphatic carbocycles. The molecule has 9 nitrogen and oxygen atoms in total. The molecule has 32 heavy (non-hydrogen) atoms. The van der Waals surface area contributed by atoms with Crippen molar-refractivity contribution in [2.45, 2.75) is 13.2 Å². The number of pyridine rings is 1. The van der Waals surface area contributed by atoms with Crippen molar-refractivity contribution in [1.82, 2.24) is 30.0 Å². The molecule has 0 fully saturated rings. The summed E-state index contributed by atoms with van der Waals surface area (Å²) in [4.78, 5) is 24.9. The van der Waals surface area contributed by atoms with Gasteiger partial charge in [-0.1, -0.05) is 12.1 Å². The molecule has 4 aromatic rings. The first-order valence-electron chi connectivity index (χ1n) is 10.1. The van der Waals surface area contributed by atoms with E-state index in [-0.39, 0.29) is 5.91 Å². The van der Waals surface area contributed by atoms with E-state index >= 15 is 0 Å². The molecule has 0 saturated carbocycles. The molecule has 1 aliphatic rings. The van der Waals surface area contributed by atoms with Crippen LogP contribution in [0.1, 0.15) is 16.1 Å². The Kier molecular flexibility index (Phi) is 5.20. The standard InChI is InChI=1S/C23H20N6O3/c1-31-23-26-12-15(13-27-23)14-32-18-4-2-16(3-5-18)19-20(17-6-8-24-9-7-17)28-29-11-10-25-22(30)21(19)29/h2-9,12-13H,10-11,14H2,1H3,(H,25,30). The van der Waals surface area contributed by atoms with E-state index in [9.17, 15) is 4.79 Å². The summed E-state index contributed by atoms with van der Waals surface area (Å²) >= 11 is 0. The van der Waals surface area contributed by atoms with Crippen LogP contribution in [0.25, 0.3) is 22.4 Å². The van der Waals surface area contributed by atoms with Crippen molar-refractivity contribution in [2.75, 3.05) is 13.7 Å². The van der Waals surface area contributed by atoms with Gasteiger partial charge >= 0.3 is 6.01 Å². The summed E-state index contributed by atoms with van der Waals surface area (Å²) in [6.07, 6.45) is 6.77. The SMILES string of the molecule is COc1ncc(COc2ccc(-c3c(-c4ccncc4)nn4c3C(=O)NCC4)cc2)cn1. The predicted molar refractivity (Wildman–Crippen MR) is 116 cm³/mol. The first kappa shape index (κ1) is 19.7. The third-order valence-electron chi connectivity index (χ3n) is 5.14. The lowest BCUT2D eigenvalue weighted by Gasteiger charge is -2.15. The molecule has 0 spiro atoms. The van der Waals surface area contributed by atoms with E-state index in [0.29, 0.717) is 37.2 Å². The van der Waals surface area contributed by atoms with Crippen molar-refractivity contribution >= 4 is 5.91 Å². The molecule has 9 heteroatoms. The van der Waals surface area contributed by atoms with Gasteiger partial charge in [0.2, 0.25) is 0 Å². The molecule has 0 unspecified atom stereocenters. The summed E-state index contributed by atoms with van der Waals surface area (Å²) in [6.45, 7) is 1.52. The van der Waals surface area contributed by atoms with E-state index in [1.807, 2.05) is 36.4 Å². The number of nitrogens with zero attached hydrogens (tertiary/aromatic N) is 5. The molecule has 1 aliphatic heterocycles. The maximum Gasteiger partial charge on any atom is 0.316 e. The first-order chi connectivity index (χ1) is 15.7. The van der Waals surface area contributed by atoms with Crippen LogP contribution in [0, 0.1) is 0 Å². The number of fused-ring (bicyclic) bond motifs is 1. The summed E-state index contributed by atoms with van der Waals surface area (Å²) in [5, 5.41) is 7.65. The van der Waals surface area contributed by atoms with Crippen molar-refractivity contribution in [3.05, 3.63) is 72.4 Å². The lowest BCUT2D eigenvalue weighted by atomic mass is 9.98. The Morgan fingerprint density at radius 1 is 1.03 bits per heavy atom. The highest BCUT2D eigenvalue weighted by atomic mass is 16.5. The van der Waals surface area contributed by atoms with E-state index in [4.69, 9.17) is 14.6 Å². The smallest absolute Gasteiger partial charge is 0.316 e. The van der Waals surface area contributed by atoms with Gasteiger partial charge in [-0.3, -0.25) is 14.5 Å². The average molecular weight is 428 g/mol. The number of nitrogens with one attached hydrogen (secondary N) is 1. The molecular formula is C23H20N6O3. The molecule has 3 aromatic heterocycles. The third-order valence-corrected chi connectivity index (χ3v) is 5.14. The van der Waals surface area contributed by atoms with Crippen LogP contribution in [-0.4, -0.2) is 44.3 Å². The molecular weight excluding hydrogens is 408 g/mol. The lowest BCUT2D eigenvalue weighted by molar-refractivity contribution is 0.0925. The van der Waals surface area contributed by atoms with Gasteiger partial charge in [0.25, 0.3) is 5.91 Å². The lowest BCUT2D eigenvalue weighted by Crippen LogP contribution is -2.35. The predicted octanol–water partition coefficient (Wildman–Crippen LogP) is 2.73. The molecule has 1 amide bonds. The summed E-state index contributed by atoms with van der Waals surface area (Å²) in [7, 11) is 1.52. The van der Waals surface area contributed by atoms with Crippen LogP contribution in [-0.2, 0) is 13.2 Å². The van der Waals surface area contributed by atoms with Crippen molar-refractivity contribution in [1.29, 1.82) is 0 Å². The highest BCUT2D eigenvalue weighted by Crippen LogP contribution is 2.36. The maximum atomic E-state index is 12.7. The zero-order chi connectivity index (χ0) is 21.9. The number of ether oxygens (including phenoxy) is 2. The van der Waals surface area contributed by atoms with Gasteiger partial charge < -0.3 is 14.8 Å². The highest BCUT2D eigenvalue weighted by molar-refractivity contribution is 6.03. The third kappa shape index (κ3) is 3.76. The first-order valence-corrected chi connectivity index (χ1v) is 10.1. The summed E-state index contributed by atoms with van der Waals surface area (Å²) in [6, 6.07) is 11.7. The van der Waals surface area contributed by atoms with Gasteiger partial charge in [0.15, 0.2) is 0 Å². The van der Waals surface area contributed by atoms with E-state index in [2.05, 4.69) is 20.3 Å². The van der Waals surface area contributed by atoms with Gasteiger partial charge in [-0.15, -0.1) is 0 Å². The molecule has 1 aromatic carbocycles. The topological polar surface area (TPSA) is 104 Å². The van der Waals surface area contributed by atoms with Crippen LogP contribution in [0.4, 0.5) is 0 Å². The Labute approximate surface area is 184 Å². The minimum Gasteiger partial charge on any atom is -0.489 e. The minimum absolute atomic E-state index is 0.126. The van der Waals surface area contributed by atoms with Crippen LogP contribution < -0.4 is 14.8 Å². The second kappa shape index (κ2) is 8.46. The van der Waals surface area contributed by atoms with Crippen molar-refractivity contribution < 1.29 is 14.3 Å². The van der Waals surface area contributed by atoms with Crippen LogP contribution >= 0.6 is 0 Å². The summed E-state index contributed by atoms with van der Waals surface area (Å²) in [5.41, 5.74) is 4.73.